The Morgan fingerprint density at radius 2 is 1.90 bits per heavy atom. The lowest BCUT2D eigenvalue weighted by Crippen LogP contribution is -2.45. The molecule has 1 heterocycles. The average molecular weight is 447 g/mol. The number of sulfonamides is 1. The number of hydrogen-bond donors (Lipinski definition) is 1. The van der Waals surface area contributed by atoms with Crippen molar-refractivity contribution in [2.45, 2.75) is 45.4 Å². The third-order valence-corrected chi connectivity index (χ3v) is 6.48. The summed E-state index contributed by atoms with van der Waals surface area (Å²) in [6.45, 7) is 5.76. The minimum absolute atomic E-state index is 0.138. The largest absolute Gasteiger partial charge is 0.497 e. The van der Waals surface area contributed by atoms with E-state index in [9.17, 15) is 13.2 Å². The molecule has 1 amide bonds. The lowest BCUT2D eigenvalue weighted by atomic mass is 9.89. The van der Waals surface area contributed by atoms with Crippen LogP contribution in [0.2, 0.25) is 0 Å². The van der Waals surface area contributed by atoms with Gasteiger partial charge in [0.1, 0.15) is 17.1 Å². The van der Waals surface area contributed by atoms with Gasteiger partial charge in [0.15, 0.2) is 0 Å². The van der Waals surface area contributed by atoms with E-state index in [1.165, 1.54) is 4.31 Å². The normalized spacial score (nSPS) is 17.5. The van der Waals surface area contributed by atoms with Crippen LogP contribution in [-0.4, -0.2) is 44.1 Å². The van der Waals surface area contributed by atoms with Gasteiger partial charge in [-0.3, -0.25) is 4.79 Å². The van der Waals surface area contributed by atoms with Crippen molar-refractivity contribution in [3.05, 3.63) is 59.2 Å². The molecule has 0 radical (unpaired) electrons. The Morgan fingerprint density at radius 3 is 2.52 bits per heavy atom. The SMILES string of the molecule is COc1ccc2c(c1)OC(C)(C)C[C@@H]2NC(=O)CN(Cc1ccc(C)cc1)S(C)(=O)=O. The maximum absolute atomic E-state index is 12.9. The molecular weight excluding hydrogens is 416 g/mol. The number of carbonyl (C=O) groups is 1. The number of hydrogen-bond acceptors (Lipinski definition) is 5. The highest BCUT2D eigenvalue weighted by molar-refractivity contribution is 7.88. The standard InChI is InChI=1S/C23H30N2O5S/c1-16-6-8-17(9-7-16)14-25(31(5,27)28)15-22(26)24-20-13-23(2,3)30-21-12-18(29-4)10-11-19(20)21/h6-12,20H,13-15H2,1-5H3,(H,24,26)/t20-/m0/s1. The molecule has 8 heteroatoms. The zero-order chi connectivity index (χ0) is 22.8. The first-order valence-corrected chi connectivity index (χ1v) is 12.0. The summed E-state index contributed by atoms with van der Waals surface area (Å²) >= 11 is 0. The van der Waals surface area contributed by atoms with Gasteiger partial charge in [-0.1, -0.05) is 29.8 Å². The van der Waals surface area contributed by atoms with Crippen LogP contribution in [-0.2, 0) is 21.4 Å². The Hall–Kier alpha value is -2.58. The van der Waals surface area contributed by atoms with Crippen LogP contribution in [0.15, 0.2) is 42.5 Å². The van der Waals surface area contributed by atoms with Crippen LogP contribution in [0.1, 0.15) is 43.0 Å². The zero-order valence-corrected chi connectivity index (χ0v) is 19.5. The van der Waals surface area contributed by atoms with Gasteiger partial charge in [0, 0.05) is 24.6 Å². The highest BCUT2D eigenvalue weighted by Crippen LogP contribution is 2.41. The van der Waals surface area contributed by atoms with E-state index in [2.05, 4.69) is 5.32 Å². The first kappa shape index (κ1) is 23.1. The Bertz CT molecular complexity index is 1050. The number of benzene rings is 2. The lowest BCUT2D eigenvalue weighted by Gasteiger charge is -2.38. The number of methoxy groups -OCH3 is 1. The molecular formula is C23H30N2O5S. The van der Waals surface area contributed by atoms with Crippen molar-refractivity contribution in [3.63, 3.8) is 0 Å². The summed E-state index contributed by atoms with van der Waals surface area (Å²) in [6, 6.07) is 12.8. The van der Waals surface area contributed by atoms with Gasteiger partial charge in [-0.25, -0.2) is 8.42 Å². The Balaban J connectivity index is 1.77. The third-order valence-electron chi connectivity index (χ3n) is 5.28. The number of amides is 1. The third kappa shape index (κ3) is 5.98. The van der Waals surface area contributed by atoms with Crippen LogP contribution in [0.25, 0.3) is 0 Å². The molecule has 0 saturated heterocycles. The first-order chi connectivity index (χ1) is 14.5. The van der Waals surface area contributed by atoms with Crippen molar-refractivity contribution in [3.8, 4) is 11.5 Å². The van der Waals surface area contributed by atoms with Crippen molar-refractivity contribution in [2.75, 3.05) is 19.9 Å². The van der Waals surface area contributed by atoms with Gasteiger partial charge in [-0.05, 0) is 38.5 Å². The van der Waals surface area contributed by atoms with Crippen LogP contribution >= 0.6 is 0 Å². The van der Waals surface area contributed by atoms with E-state index in [4.69, 9.17) is 9.47 Å². The molecule has 3 rings (SSSR count). The number of rotatable bonds is 7. The van der Waals surface area contributed by atoms with E-state index in [1.54, 1.807) is 13.2 Å². The topological polar surface area (TPSA) is 84.9 Å². The summed E-state index contributed by atoms with van der Waals surface area (Å²) in [7, 11) is -1.98. The number of ether oxygens (including phenoxy) is 2. The molecule has 7 nitrogen and oxygen atoms in total. The molecule has 1 atom stereocenters. The lowest BCUT2D eigenvalue weighted by molar-refractivity contribution is -0.122. The van der Waals surface area contributed by atoms with Crippen molar-refractivity contribution < 1.29 is 22.7 Å². The molecule has 2 aromatic rings. The fourth-order valence-electron chi connectivity index (χ4n) is 3.68. The van der Waals surface area contributed by atoms with Crippen molar-refractivity contribution in [2.24, 2.45) is 0 Å². The highest BCUT2D eigenvalue weighted by Gasteiger charge is 2.35. The summed E-state index contributed by atoms with van der Waals surface area (Å²) in [5, 5.41) is 3.00. The van der Waals surface area contributed by atoms with E-state index < -0.39 is 15.6 Å². The predicted molar refractivity (Wildman–Crippen MR) is 120 cm³/mol. The number of aryl methyl sites for hydroxylation is 1. The Kier molecular flexibility index (Phi) is 6.62. The molecule has 0 fully saturated rings. The molecule has 0 spiro atoms. The quantitative estimate of drug-likeness (QED) is 0.706. The van der Waals surface area contributed by atoms with E-state index in [0.717, 1.165) is 22.9 Å². The smallest absolute Gasteiger partial charge is 0.235 e. The Morgan fingerprint density at radius 1 is 1.23 bits per heavy atom. The highest BCUT2D eigenvalue weighted by atomic mass is 32.2. The molecule has 0 unspecified atom stereocenters. The van der Waals surface area contributed by atoms with Gasteiger partial charge >= 0.3 is 0 Å². The minimum atomic E-state index is -3.57. The number of nitrogens with one attached hydrogen (secondary N) is 1. The summed E-state index contributed by atoms with van der Waals surface area (Å²) in [6.07, 6.45) is 1.68. The average Bonchev–Trinajstić information content (AvgIpc) is 2.67. The maximum atomic E-state index is 12.9. The van der Waals surface area contributed by atoms with Crippen molar-refractivity contribution in [1.82, 2.24) is 9.62 Å². The second-order valence-electron chi connectivity index (χ2n) is 8.61. The van der Waals surface area contributed by atoms with Gasteiger partial charge in [0.05, 0.1) is 26.0 Å². The van der Waals surface area contributed by atoms with Gasteiger partial charge in [0.25, 0.3) is 0 Å². The van der Waals surface area contributed by atoms with Crippen molar-refractivity contribution >= 4 is 15.9 Å². The molecule has 0 bridgehead atoms. The van der Waals surface area contributed by atoms with E-state index >= 15 is 0 Å². The summed E-state index contributed by atoms with van der Waals surface area (Å²) < 4.78 is 37.2. The van der Waals surface area contributed by atoms with Gasteiger partial charge < -0.3 is 14.8 Å². The second-order valence-corrected chi connectivity index (χ2v) is 10.6. The monoisotopic (exact) mass is 446 g/mol. The van der Waals surface area contributed by atoms with Crippen LogP contribution in [0, 0.1) is 6.92 Å². The second kappa shape index (κ2) is 8.88. The van der Waals surface area contributed by atoms with E-state index in [-0.39, 0.29) is 25.0 Å². The molecule has 1 aliphatic rings. The zero-order valence-electron chi connectivity index (χ0n) is 18.6. The Labute approximate surface area is 184 Å². The molecule has 2 aromatic carbocycles. The van der Waals surface area contributed by atoms with Crippen molar-refractivity contribution in [1.29, 1.82) is 0 Å². The molecule has 0 aliphatic carbocycles. The van der Waals surface area contributed by atoms with Crippen LogP contribution in [0.5, 0.6) is 11.5 Å². The molecule has 168 valence electrons. The number of fused-ring (bicyclic) bond motifs is 1. The fourth-order valence-corrected chi connectivity index (χ4v) is 4.41. The van der Waals surface area contributed by atoms with Gasteiger partial charge in [-0.2, -0.15) is 4.31 Å². The van der Waals surface area contributed by atoms with E-state index in [1.807, 2.05) is 57.2 Å². The summed E-state index contributed by atoms with van der Waals surface area (Å²) in [4.78, 5) is 12.9. The van der Waals surface area contributed by atoms with Crippen LogP contribution in [0.3, 0.4) is 0 Å². The first-order valence-electron chi connectivity index (χ1n) is 10.1. The molecule has 1 aliphatic heterocycles. The molecule has 0 saturated carbocycles. The van der Waals surface area contributed by atoms with Crippen LogP contribution < -0.4 is 14.8 Å². The molecule has 0 aromatic heterocycles. The summed E-state index contributed by atoms with van der Waals surface area (Å²) in [5.74, 6) is 0.963. The predicted octanol–water partition coefficient (Wildman–Crippen LogP) is 3.18. The van der Waals surface area contributed by atoms with Gasteiger partial charge in [0.2, 0.25) is 15.9 Å². The fraction of sp³-hybridized carbons (Fsp3) is 0.435. The molecule has 31 heavy (non-hydrogen) atoms. The molecule has 1 N–H and O–H groups in total. The summed E-state index contributed by atoms with van der Waals surface area (Å²) in [5.41, 5.74) is 2.27. The maximum Gasteiger partial charge on any atom is 0.235 e. The number of carbonyl (C=O) groups excluding carboxylic acids is 1. The van der Waals surface area contributed by atoms with E-state index in [0.29, 0.717) is 17.9 Å². The van der Waals surface area contributed by atoms with Crippen LogP contribution in [0.4, 0.5) is 0 Å². The van der Waals surface area contributed by atoms with Gasteiger partial charge in [-0.15, -0.1) is 0 Å². The number of nitrogens with zero attached hydrogens (tertiary/aromatic N) is 1. The minimum Gasteiger partial charge on any atom is -0.497 e.